The Balaban J connectivity index is -0.000000179. The molecular formula is C10H20O6. The molecule has 0 unspecified atom stereocenters. The number of aliphatic carboxylic acids is 2. The van der Waals surface area contributed by atoms with Crippen molar-refractivity contribution in [1.29, 1.82) is 0 Å². The minimum atomic E-state index is -0.833. The Hall–Kier alpha value is -1.40. The number of rotatable bonds is 3. The average molecular weight is 236 g/mol. The van der Waals surface area contributed by atoms with Crippen LogP contribution in [-0.4, -0.2) is 45.6 Å². The molecule has 0 aliphatic rings. The van der Waals surface area contributed by atoms with E-state index in [0.717, 1.165) is 19.4 Å². The van der Waals surface area contributed by atoms with Crippen LogP contribution in [0.3, 0.4) is 0 Å². The monoisotopic (exact) mass is 236 g/mol. The molecule has 16 heavy (non-hydrogen) atoms. The van der Waals surface area contributed by atoms with E-state index in [2.05, 4.69) is 0 Å². The predicted octanol–water partition coefficient (Wildman–Crippen LogP) is 0.489. The molecule has 0 aromatic carbocycles. The Bertz CT molecular complexity index is 189. The Kier molecular flexibility index (Phi) is 20.1. The zero-order valence-corrected chi connectivity index (χ0v) is 9.80. The van der Waals surface area contributed by atoms with Crippen molar-refractivity contribution in [1.82, 2.24) is 0 Å². The number of hydrogen-bond donors (Lipinski definition) is 4. The fourth-order valence-corrected chi connectivity index (χ4v) is 0.375. The Labute approximate surface area is 94.8 Å². The second kappa shape index (κ2) is 16.0. The first-order chi connectivity index (χ1) is 7.27. The van der Waals surface area contributed by atoms with Gasteiger partial charge in [0.15, 0.2) is 0 Å². The molecular weight excluding hydrogens is 216 g/mol. The van der Waals surface area contributed by atoms with E-state index in [1.807, 2.05) is 13.0 Å². The van der Waals surface area contributed by atoms with Gasteiger partial charge in [-0.2, -0.15) is 0 Å². The van der Waals surface area contributed by atoms with Gasteiger partial charge in [-0.15, -0.1) is 0 Å². The Morgan fingerprint density at radius 2 is 1.31 bits per heavy atom. The van der Waals surface area contributed by atoms with Gasteiger partial charge in [-0.25, -0.2) is 0 Å². The Morgan fingerprint density at radius 3 is 1.50 bits per heavy atom. The summed E-state index contributed by atoms with van der Waals surface area (Å²) in [6.07, 6.45) is 2.46. The zero-order chi connectivity index (χ0) is 13.6. The van der Waals surface area contributed by atoms with E-state index >= 15 is 0 Å². The molecule has 0 aliphatic carbocycles. The first-order valence-corrected chi connectivity index (χ1v) is 4.54. The van der Waals surface area contributed by atoms with E-state index in [1.54, 1.807) is 0 Å². The Morgan fingerprint density at radius 1 is 1.00 bits per heavy atom. The molecule has 0 saturated carbocycles. The molecule has 0 amide bonds. The number of carboxylic acids is 2. The van der Waals surface area contributed by atoms with Gasteiger partial charge in [-0.3, -0.25) is 9.59 Å². The maximum atomic E-state index is 9.00. The third-order valence-electron chi connectivity index (χ3n) is 0.871. The van der Waals surface area contributed by atoms with Crippen molar-refractivity contribution < 1.29 is 30.0 Å². The lowest BCUT2D eigenvalue weighted by Gasteiger charge is -1.90. The highest BCUT2D eigenvalue weighted by Crippen LogP contribution is 1.91. The van der Waals surface area contributed by atoms with Gasteiger partial charge in [0.1, 0.15) is 0 Å². The van der Waals surface area contributed by atoms with E-state index in [-0.39, 0.29) is 13.2 Å². The topological polar surface area (TPSA) is 115 Å². The molecule has 0 spiro atoms. The second-order valence-corrected chi connectivity index (χ2v) is 2.76. The normalized spacial score (nSPS) is 9.19. The quantitative estimate of drug-likeness (QED) is 0.530. The molecule has 0 heterocycles. The summed E-state index contributed by atoms with van der Waals surface area (Å²) in [6, 6.07) is 0. The lowest BCUT2D eigenvalue weighted by molar-refractivity contribution is -0.135. The van der Waals surface area contributed by atoms with Gasteiger partial charge in [0, 0.05) is 20.5 Å². The van der Waals surface area contributed by atoms with Crippen molar-refractivity contribution in [2.45, 2.75) is 27.2 Å². The van der Waals surface area contributed by atoms with E-state index in [1.165, 1.54) is 0 Å². The molecule has 0 aromatic heterocycles. The fourth-order valence-electron chi connectivity index (χ4n) is 0.375. The number of carboxylic acid groups (broad SMARTS) is 2. The van der Waals surface area contributed by atoms with Crippen LogP contribution < -0.4 is 0 Å². The zero-order valence-electron chi connectivity index (χ0n) is 9.80. The third-order valence-corrected chi connectivity index (χ3v) is 0.871. The molecule has 96 valence electrons. The summed E-state index contributed by atoms with van der Waals surface area (Å²) in [5.41, 5.74) is 0.916. The maximum Gasteiger partial charge on any atom is 0.300 e. The molecule has 4 N–H and O–H groups in total. The van der Waals surface area contributed by atoms with Crippen LogP contribution >= 0.6 is 0 Å². The van der Waals surface area contributed by atoms with Crippen molar-refractivity contribution in [3.8, 4) is 0 Å². The van der Waals surface area contributed by atoms with Gasteiger partial charge < -0.3 is 20.4 Å². The van der Waals surface area contributed by atoms with Gasteiger partial charge in [-0.1, -0.05) is 11.6 Å². The van der Waals surface area contributed by atoms with Crippen LogP contribution in [0.15, 0.2) is 11.6 Å². The highest BCUT2D eigenvalue weighted by atomic mass is 16.4. The van der Waals surface area contributed by atoms with E-state index < -0.39 is 11.9 Å². The van der Waals surface area contributed by atoms with Crippen molar-refractivity contribution in [2.24, 2.45) is 0 Å². The van der Waals surface area contributed by atoms with Crippen LogP contribution in [0.2, 0.25) is 0 Å². The summed E-state index contributed by atoms with van der Waals surface area (Å²) in [6.45, 7) is 4.26. The molecule has 0 radical (unpaired) electrons. The lowest BCUT2D eigenvalue weighted by Crippen LogP contribution is -1.85. The van der Waals surface area contributed by atoms with Crippen LogP contribution in [0.1, 0.15) is 27.2 Å². The molecule has 0 rings (SSSR count). The molecule has 6 heteroatoms. The van der Waals surface area contributed by atoms with E-state index in [4.69, 9.17) is 30.0 Å². The first kappa shape index (κ1) is 20.1. The third kappa shape index (κ3) is 80.1. The van der Waals surface area contributed by atoms with E-state index in [9.17, 15) is 0 Å². The highest BCUT2D eigenvalue weighted by molar-refractivity contribution is 5.63. The van der Waals surface area contributed by atoms with Gasteiger partial charge in [0.2, 0.25) is 0 Å². The van der Waals surface area contributed by atoms with Crippen molar-refractivity contribution in [3.05, 3.63) is 11.6 Å². The number of carbonyl (C=O) groups is 2. The maximum absolute atomic E-state index is 9.00. The van der Waals surface area contributed by atoms with E-state index in [0.29, 0.717) is 6.42 Å². The van der Waals surface area contributed by atoms with Crippen LogP contribution in [0.4, 0.5) is 0 Å². The summed E-state index contributed by atoms with van der Waals surface area (Å²) in [7, 11) is 0. The fraction of sp³-hybridized carbons (Fsp3) is 0.600. The van der Waals surface area contributed by atoms with Gasteiger partial charge >= 0.3 is 0 Å². The van der Waals surface area contributed by atoms with Gasteiger partial charge in [-0.05, 0) is 13.3 Å². The van der Waals surface area contributed by atoms with Crippen LogP contribution in [0.25, 0.3) is 0 Å². The van der Waals surface area contributed by atoms with Crippen molar-refractivity contribution in [2.75, 3.05) is 13.2 Å². The smallest absolute Gasteiger partial charge is 0.300 e. The first-order valence-electron chi connectivity index (χ1n) is 4.54. The summed E-state index contributed by atoms with van der Waals surface area (Å²) in [5, 5.41) is 31.5. The van der Waals surface area contributed by atoms with Crippen LogP contribution in [0.5, 0.6) is 0 Å². The molecule has 0 aliphatic heterocycles. The highest BCUT2D eigenvalue weighted by Gasteiger charge is 1.81. The predicted molar refractivity (Wildman–Crippen MR) is 59.2 cm³/mol. The molecule has 6 nitrogen and oxygen atoms in total. The summed E-state index contributed by atoms with van der Waals surface area (Å²) < 4.78 is 0. The molecule has 0 aromatic rings. The largest absolute Gasteiger partial charge is 0.481 e. The molecule has 0 atom stereocenters. The van der Waals surface area contributed by atoms with Crippen LogP contribution in [-0.2, 0) is 9.59 Å². The number of aliphatic hydroxyl groups is 2. The van der Waals surface area contributed by atoms with Gasteiger partial charge in [0.25, 0.3) is 11.9 Å². The van der Waals surface area contributed by atoms with Crippen molar-refractivity contribution >= 4 is 11.9 Å². The standard InChI is InChI=1S/C6H12O2.2C2H4O2/c1-6(5-8)3-2-4-7;2*1-2(3)4/h3,7-8H,2,4-5H2,1H3;2*1H3,(H,3,4). The SMILES string of the molecule is CC(=CCCO)CO.CC(=O)O.CC(=O)O. The minimum absolute atomic E-state index is 0.0972. The summed E-state index contributed by atoms with van der Waals surface area (Å²) >= 11 is 0. The number of aliphatic hydroxyl groups excluding tert-OH is 2. The van der Waals surface area contributed by atoms with Crippen molar-refractivity contribution in [3.63, 3.8) is 0 Å². The minimum Gasteiger partial charge on any atom is -0.481 e. The molecule has 0 fully saturated rings. The average Bonchev–Trinajstić information content (AvgIpc) is 2.12. The van der Waals surface area contributed by atoms with Gasteiger partial charge in [0.05, 0.1) is 6.61 Å². The molecule has 0 bridgehead atoms. The molecule has 0 saturated heterocycles. The van der Waals surface area contributed by atoms with Crippen LogP contribution in [0, 0.1) is 0 Å². The summed E-state index contributed by atoms with van der Waals surface area (Å²) in [5.74, 6) is -1.67. The number of hydrogen-bond acceptors (Lipinski definition) is 4. The summed E-state index contributed by atoms with van der Waals surface area (Å²) in [4.78, 5) is 18.0. The lowest BCUT2D eigenvalue weighted by atomic mass is 10.2. The second-order valence-electron chi connectivity index (χ2n) is 2.76.